The molecule has 3 unspecified atom stereocenters. The Morgan fingerprint density at radius 1 is 0.500 bits per heavy atom. The zero-order valence-electron chi connectivity index (χ0n) is 19.8. The van der Waals surface area contributed by atoms with Gasteiger partial charge in [0.05, 0.1) is 17.5 Å². The van der Waals surface area contributed by atoms with Gasteiger partial charge in [-0.1, -0.05) is 59.7 Å². The summed E-state index contributed by atoms with van der Waals surface area (Å²) < 4.78 is 0. The summed E-state index contributed by atoms with van der Waals surface area (Å²) in [6, 6.07) is 0.684. The van der Waals surface area contributed by atoms with Gasteiger partial charge < -0.3 is 49.2 Å². The molecule has 9 heteroatoms. The quantitative estimate of drug-likeness (QED) is 0.358. The number of rotatable bonds is 0. The Labute approximate surface area is 258 Å². The van der Waals surface area contributed by atoms with Gasteiger partial charge in [-0.2, -0.15) is 17.1 Å². The molecule has 0 aromatic carbocycles. The zero-order valence-corrected chi connectivity index (χ0v) is 28.3. The fourth-order valence-corrected chi connectivity index (χ4v) is 2.93. The van der Waals surface area contributed by atoms with Crippen LogP contribution in [0.5, 0.6) is 0 Å². The molecule has 3 rings (SSSR count). The Morgan fingerprint density at radius 3 is 0.833 bits per heavy atom. The third-order valence-corrected chi connectivity index (χ3v) is 3.54. The fourth-order valence-electron chi connectivity index (χ4n) is 2.93. The largest absolute Gasteiger partial charge is 0.451 e. The molecule has 0 fully saturated rings. The molecule has 3 radical (unpaired) electrons. The molecule has 0 bridgehead atoms. The summed E-state index contributed by atoms with van der Waals surface area (Å²) in [5.41, 5.74) is 3.24. The van der Waals surface area contributed by atoms with Crippen LogP contribution in [0.3, 0.4) is 0 Å². The molecular formula is C21H33N6Y3-3. The van der Waals surface area contributed by atoms with Gasteiger partial charge in [0.15, 0.2) is 0 Å². The molecule has 0 aromatic rings. The second-order valence-electron chi connectivity index (χ2n) is 6.85. The first-order valence-corrected chi connectivity index (χ1v) is 9.29. The van der Waals surface area contributed by atoms with E-state index in [4.69, 9.17) is 0 Å². The van der Waals surface area contributed by atoms with E-state index in [1.165, 1.54) is 0 Å². The Balaban J connectivity index is -0.000000347. The monoisotopic (exact) mass is 636 g/mol. The van der Waals surface area contributed by atoms with Gasteiger partial charge in [-0.05, 0) is 20.8 Å². The van der Waals surface area contributed by atoms with Gasteiger partial charge in [0, 0.05) is 98.1 Å². The molecule has 3 atom stereocenters. The van der Waals surface area contributed by atoms with E-state index in [9.17, 15) is 0 Å². The molecule has 30 heavy (non-hydrogen) atoms. The number of nitrogens with one attached hydrogen (secondary N) is 3. The van der Waals surface area contributed by atoms with E-state index in [0.29, 0.717) is 0 Å². The van der Waals surface area contributed by atoms with Crippen molar-refractivity contribution in [3.63, 3.8) is 0 Å². The van der Waals surface area contributed by atoms with Crippen molar-refractivity contribution in [2.75, 3.05) is 0 Å². The average molecular weight is 636 g/mol. The predicted octanol–water partition coefficient (Wildman–Crippen LogP) is 3.30. The Hall–Kier alpha value is 0.942. The van der Waals surface area contributed by atoms with Gasteiger partial charge in [0.25, 0.3) is 0 Å². The summed E-state index contributed by atoms with van der Waals surface area (Å²) >= 11 is 0. The minimum atomic E-state index is 0. The van der Waals surface area contributed by atoms with Crippen molar-refractivity contribution >= 4 is 17.5 Å². The minimum absolute atomic E-state index is 0. The maximum Gasteiger partial charge on any atom is 0.0922 e. The summed E-state index contributed by atoms with van der Waals surface area (Å²) in [6.07, 6.45) is 9.38. The molecular weight excluding hydrogens is 603 g/mol. The summed E-state index contributed by atoms with van der Waals surface area (Å²) in [5, 5.41) is 9.20. The van der Waals surface area contributed by atoms with Crippen LogP contribution in [0.25, 0.3) is 0 Å². The average Bonchev–Trinajstić information content (AvgIpc) is 2.43. The number of nitrogens with zero attached hydrogens (tertiary/aromatic N) is 3. The van der Waals surface area contributed by atoms with Crippen molar-refractivity contribution in [2.45, 2.75) is 80.4 Å². The standard InChI is InChI=1S/3C7H11N2.3Y/c3*1-5-4-6(2)9-7(3)8-5;;;/h3*5H,1-3H3,(H,8,9);;;/q3*-1;;;. The van der Waals surface area contributed by atoms with E-state index in [0.717, 1.165) is 34.6 Å². The molecule has 0 aliphatic carbocycles. The van der Waals surface area contributed by atoms with Crippen molar-refractivity contribution in [3.8, 4) is 0 Å². The van der Waals surface area contributed by atoms with Crippen LogP contribution in [-0.2, 0) is 98.1 Å². The van der Waals surface area contributed by atoms with Crippen molar-refractivity contribution in [1.82, 2.24) is 16.0 Å². The van der Waals surface area contributed by atoms with E-state index in [-0.39, 0.29) is 116 Å². The summed E-state index contributed by atoms with van der Waals surface area (Å²) in [7, 11) is 0. The third-order valence-electron chi connectivity index (χ3n) is 3.54. The first-order chi connectivity index (χ1) is 12.5. The van der Waals surface area contributed by atoms with Crippen LogP contribution in [0.1, 0.15) is 62.3 Å². The predicted molar refractivity (Wildman–Crippen MR) is 114 cm³/mol. The molecule has 3 N–H and O–H groups in total. The molecule has 0 aromatic heterocycles. The number of hydrogen-bond donors (Lipinski definition) is 3. The second kappa shape index (κ2) is 18.4. The summed E-state index contributed by atoms with van der Waals surface area (Å²) in [6.45, 7) is 17.9. The Bertz CT molecular complexity index is 558. The van der Waals surface area contributed by atoms with Gasteiger partial charge in [0.2, 0.25) is 0 Å². The number of aliphatic imine (C=N–C) groups is 3. The zero-order chi connectivity index (χ0) is 20.6. The third kappa shape index (κ3) is 16.6. The maximum atomic E-state index is 4.21. The second-order valence-corrected chi connectivity index (χ2v) is 6.85. The van der Waals surface area contributed by atoms with Crippen LogP contribution in [0, 0.1) is 18.2 Å². The van der Waals surface area contributed by atoms with Crippen molar-refractivity contribution in [3.05, 3.63) is 35.3 Å². The van der Waals surface area contributed by atoms with Gasteiger partial charge in [-0.15, -0.1) is 0 Å². The summed E-state index contributed by atoms with van der Waals surface area (Å²) in [4.78, 5) is 12.6. The van der Waals surface area contributed by atoms with Crippen molar-refractivity contribution < 1.29 is 98.1 Å². The molecule has 3 heterocycles. The van der Waals surface area contributed by atoms with Crippen LogP contribution in [0.4, 0.5) is 0 Å². The minimum Gasteiger partial charge on any atom is -0.451 e. The number of hydrogen-bond acceptors (Lipinski definition) is 6. The Kier molecular flexibility index (Phi) is 21.8. The van der Waals surface area contributed by atoms with E-state index in [2.05, 4.69) is 49.2 Å². The maximum absolute atomic E-state index is 4.21. The summed E-state index contributed by atoms with van der Waals surface area (Å²) in [5.74, 6) is 2.95. The Morgan fingerprint density at radius 2 is 0.700 bits per heavy atom. The van der Waals surface area contributed by atoms with E-state index in [1.807, 2.05) is 62.3 Å². The smallest absolute Gasteiger partial charge is 0.0922 e. The molecule has 0 saturated carbocycles. The van der Waals surface area contributed by atoms with Gasteiger partial charge in [-0.25, -0.2) is 0 Å². The molecule has 6 nitrogen and oxygen atoms in total. The van der Waals surface area contributed by atoms with Gasteiger partial charge >= 0.3 is 0 Å². The van der Waals surface area contributed by atoms with Gasteiger partial charge in [-0.3, -0.25) is 0 Å². The van der Waals surface area contributed by atoms with Crippen LogP contribution in [-0.4, -0.2) is 35.6 Å². The molecule has 3 aliphatic heterocycles. The van der Waals surface area contributed by atoms with Crippen LogP contribution >= 0.6 is 0 Å². The van der Waals surface area contributed by atoms with E-state index in [1.54, 1.807) is 0 Å². The fraction of sp³-hybridized carbons (Fsp3) is 0.571. The number of allylic oxidation sites excluding steroid dienone is 3. The number of amidine groups is 3. The normalized spacial score (nSPS) is 23.7. The first-order valence-electron chi connectivity index (χ1n) is 9.29. The van der Waals surface area contributed by atoms with Crippen molar-refractivity contribution in [2.24, 2.45) is 15.0 Å². The van der Waals surface area contributed by atoms with Crippen LogP contribution in [0.2, 0.25) is 0 Å². The van der Waals surface area contributed by atoms with E-state index >= 15 is 0 Å². The SMILES string of the molecule is CC1=[C-]C(C)N=C(C)N1.CC1=[C-]C(C)N=C(C)N1.CC1=[C-]C(C)N=C(C)N1.[Y].[Y].[Y]. The topological polar surface area (TPSA) is 73.2 Å². The molecule has 0 spiro atoms. The molecule has 0 saturated heterocycles. The first kappa shape index (κ1) is 35.5. The van der Waals surface area contributed by atoms with E-state index < -0.39 is 0 Å². The van der Waals surface area contributed by atoms with Crippen molar-refractivity contribution in [1.29, 1.82) is 0 Å². The molecule has 0 amide bonds. The molecule has 3 aliphatic rings. The molecule has 159 valence electrons. The van der Waals surface area contributed by atoms with Gasteiger partial charge in [0.1, 0.15) is 0 Å². The van der Waals surface area contributed by atoms with Crippen LogP contribution in [0.15, 0.2) is 32.1 Å². The van der Waals surface area contributed by atoms with Crippen LogP contribution < -0.4 is 16.0 Å².